The fraction of sp³-hybridized carbons (Fsp3) is 0.889. The second kappa shape index (κ2) is 5.14. The fourth-order valence-corrected chi connectivity index (χ4v) is 1.41. The van der Waals surface area contributed by atoms with Crippen molar-refractivity contribution in [3.05, 3.63) is 0 Å². The van der Waals surface area contributed by atoms with Gasteiger partial charge in [-0.05, 0) is 26.2 Å². The van der Waals surface area contributed by atoms with Gasteiger partial charge in [0.2, 0.25) is 0 Å². The van der Waals surface area contributed by atoms with Crippen LogP contribution in [0.2, 0.25) is 0 Å². The fourth-order valence-electron chi connectivity index (χ4n) is 1.41. The van der Waals surface area contributed by atoms with E-state index in [4.69, 9.17) is 5.11 Å². The maximum Gasteiger partial charge on any atom is 0.0965 e. The SMILES string of the molecule is CC(CCCO)NC1=NCCC1. The van der Waals surface area contributed by atoms with E-state index in [1.54, 1.807) is 0 Å². The average molecular weight is 170 g/mol. The molecule has 0 radical (unpaired) electrons. The van der Waals surface area contributed by atoms with E-state index in [-0.39, 0.29) is 0 Å². The molecule has 1 rings (SSSR count). The van der Waals surface area contributed by atoms with Crippen LogP contribution in [-0.4, -0.2) is 30.1 Å². The predicted octanol–water partition coefficient (Wildman–Crippen LogP) is 0.929. The van der Waals surface area contributed by atoms with Crippen LogP contribution in [0.15, 0.2) is 4.99 Å². The Hall–Kier alpha value is -0.570. The number of aliphatic hydroxyl groups is 1. The number of nitrogens with one attached hydrogen (secondary N) is 1. The van der Waals surface area contributed by atoms with Crippen molar-refractivity contribution in [3.8, 4) is 0 Å². The lowest BCUT2D eigenvalue weighted by atomic mass is 10.2. The van der Waals surface area contributed by atoms with Crippen molar-refractivity contribution in [2.24, 2.45) is 4.99 Å². The van der Waals surface area contributed by atoms with Gasteiger partial charge in [-0.3, -0.25) is 4.99 Å². The van der Waals surface area contributed by atoms with Crippen LogP contribution < -0.4 is 5.32 Å². The average Bonchev–Trinajstić information content (AvgIpc) is 2.53. The summed E-state index contributed by atoms with van der Waals surface area (Å²) < 4.78 is 0. The first kappa shape index (κ1) is 9.52. The molecule has 1 aliphatic rings. The zero-order valence-electron chi connectivity index (χ0n) is 7.71. The summed E-state index contributed by atoms with van der Waals surface area (Å²) in [6.45, 7) is 3.41. The maximum atomic E-state index is 8.62. The van der Waals surface area contributed by atoms with E-state index in [0.29, 0.717) is 12.6 Å². The number of aliphatic hydroxyl groups excluding tert-OH is 1. The van der Waals surface area contributed by atoms with Gasteiger partial charge in [0.05, 0.1) is 5.84 Å². The molecule has 0 aromatic carbocycles. The van der Waals surface area contributed by atoms with E-state index in [1.807, 2.05) is 0 Å². The highest BCUT2D eigenvalue weighted by atomic mass is 16.2. The van der Waals surface area contributed by atoms with Gasteiger partial charge in [0, 0.05) is 25.6 Å². The highest BCUT2D eigenvalue weighted by molar-refractivity contribution is 5.83. The number of amidine groups is 1. The molecule has 3 nitrogen and oxygen atoms in total. The summed E-state index contributed by atoms with van der Waals surface area (Å²) in [7, 11) is 0. The summed E-state index contributed by atoms with van der Waals surface area (Å²) in [6, 6.07) is 0.453. The van der Waals surface area contributed by atoms with E-state index < -0.39 is 0 Å². The number of hydrogen-bond donors (Lipinski definition) is 2. The molecular weight excluding hydrogens is 152 g/mol. The van der Waals surface area contributed by atoms with Crippen molar-refractivity contribution in [1.29, 1.82) is 0 Å². The van der Waals surface area contributed by atoms with Crippen molar-refractivity contribution in [2.45, 2.75) is 38.6 Å². The van der Waals surface area contributed by atoms with Crippen LogP contribution in [0.5, 0.6) is 0 Å². The summed E-state index contributed by atoms with van der Waals surface area (Å²) in [5.74, 6) is 1.15. The van der Waals surface area contributed by atoms with Crippen LogP contribution in [0, 0.1) is 0 Å². The molecule has 0 spiro atoms. The molecule has 12 heavy (non-hydrogen) atoms. The third kappa shape index (κ3) is 3.22. The molecule has 0 aromatic heterocycles. The van der Waals surface area contributed by atoms with Crippen LogP contribution in [0.3, 0.4) is 0 Å². The molecule has 0 aliphatic carbocycles. The summed E-state index contributed by atoms with van der Waals surface area (Å²) >= 11 is 0. The molecule has 0 bridgehead atoms. The molecule has 2 N–H and O–H groups in total. The molecule has 1 atom stereocenters. The second-order valence-electron chi connectivity index (χ2n) is 3.34. The Morgan fingerprint density at radius 2 is 2.50 bits per heavy atom. The first-order valence-electron chi connectivity index (χ1n) is 4.73. The molecule has 0 saturated heterocycles. The Bertz CT molecular complexity index is 157. The molecule has 0 aromatic rings. The van der Waals surface area contributed by atoms with Crippen molar-refractivity contribution in [1.82, 2.24) is 5.32 Å². The lowest BCUT2D eigenvalue weighted by Gasteiger charge is -2.13. The minimum absolute atomic E-state index is 0.290. The zero-order valence-corrected chi connectivity index (χ0v) is 7.71. The van der Waals surface area contributed by atoms with Gasteiger partial charge in [0.1, 0.15) is 0 Å². The highest BCUT2D eigenvalue weighted by Crippen LogP contribution is 2.03. The highest BCUT2D eigenvalue weighted by Gasteiger charge is 2.08. The Morgan fingerprint density at radius 3 is 3.08 bits per heavy atom. The smallest absolute Gasteiger partial charge is 0.0965 e. The summed E-state index contributed by atoms with van der Waals surface area (Å²) in [5, 5.41) is 12.0. The van der Waals surface area contributed by atoms with Gasteiger partial charge in [-0.25, -0.2) is 0 Å². The van der Waals surface area contributed by atoms with E-state index in [1.165, 1.54) is 6.42 Å². The Kier molecular flexibility index (Phi) is 4.08. The van der Waals surface area contributed by atoms with Gasteiger partial charge in [-0.1, -0.05) is 0 Å². The summed E-state index contributed by atoms with van der Waals surface area (Å²) in [5.41, 5.74) is 0. The number of rotatable bonds is 4. The number of hydrogen-bond acceptors (Lipinski definition) is 3. The third-order valence-corrected chi connectivity index (χ3v) is 2.08. The van der Waals surface area contributed by atoms with Crippen LogP contribution in [0.1, 0.15) is 32.6 Å². The minimum atomic E-state index is 0.290. The Morgan fingerprint density at radius 1 is 1.67 bits per heavy atom. The number of aliphatic imine (C=N–C) groups is 1. The third-order valence-electron chi connectivity index (χ3n) is 2.08. The lowest BCUT2D eigenvalue weighted by Crippen LogP contribution is -2.31. The van der Waals surface area contributed by atoms with Crippen LogP contribution in [-0.2, 0) is 0 Å². The van der Waals surface area contributed by atoms with Gasteiger partial charge in [-0.2, -0.15) is 0 Å². The van der Waals surface area contributed by atoms with Crippen LogP contribution in [0.25, 0.3) is 0 Å². The topological polar surface area (TPSA) is 44.6 Å². The summed E-state index contributed by atoms with van der Waals surface area (Å²) in [4.78, 5) is 4.33. The van der Waals surface area contributed by atoms with E-state index >= 15 is 0 Å². The molecule has 3 heteroatoms. The van der Waals surface area contributed by atoms with Gasteiger partial charge in [0.15, 0.2) is 0 Å². The minimum Gasteiger partial charge on any atom is -0.396 e. The van der Waals surface area contributed by atoms with Gasteiger partial charge in [-0.15, -0.1) is 0 Å². The van der Waals surface area contributed by atoms with Crippen molar-refractivity contribution >= 4 is 5.84 Å². The van der Waals surface area contributed by atoms with Gasteiger partial charge >= 0.3 is 0 Å². The van der Waals surface area contributed by atoms with E-state index in [9.17, 15) is 0 Å². The molecule has 0 fully saturated rings. The standard InChI is InChI=1S/C9H18N2O/c1-8(4-3-7-12)11-9-5-2-6-10-9/h8,12H,2-7H2,1H3,(H,10,11). The monoisotopic (exact) mass is 170 g/mol. The molecule has 1 aliphatic heterocycles. The van der Waals surface area contributed by atoms with Crippen molar-refractivity contribution in [2.75, 3.05) is 13.2 Å². The van der Waals surface area contributed by atoms with E-state index in [0.717, 1.165) is 31.6 Å². The van der Waals surface area contributed by atoms with E-state index in [2.05, 4.69) is 17.2 Å². The van der Waals surface area contributed by atoms with Crippen molar-refractivity contribution in [3.63, 3.8) is 0 Å². The Labute approximate surface area is 73.9 Å². The van der Waals surface area contributed by atoms with Crippen LogP contribution in [0.4, 0.5) is 0 Å². The summed E-state index contributed by atoms with van der Waals surface area (Å²) in [6.07, 6.45) is 4.19. The lowest BCUT2D eigenvalue weighted by molar-refractivity contribution is 0.279. The predicted molar refractivity (Wildman–Crippen MR) is 50.5 cm³/mol. The first-order valence-corrected chi connectivity index (χ1v) is 4.73. The number of nitrogens with zero attached hydrogens (tertiary/aromatic N) is 1. The molecule has 1 unspecified atom stereocenters. The Balaban J connectivity index is 2.12. The molecular formula is C9H18N2O. The quantitative estimate of drug-likeness (QED) is 0.659. The zero-order chi connectivity index (χ0) is 8.81. The largest absolute Gasteiger partial charge is 0.396 e. The normalized spacial score (nSPS) is 19.0. The molecule has 0 saturated carbocycles. The maximum absolute atomic E-state index is 8.62. The van der Waals surface area contributed by atoms with Gasteiger partial charge < -0.3 is 10.4 Å². The molecule has 0 amide bonds. The van der Waals surface area contributed by atoms with Crippen molar-refractivity contribution < 1.29 is 5.11 Å². The first-order chi connectivity index (χ1) is 5.83. The second-order valence-corrected chi connectivity index (χ2v) is 3.34. The molecule has 1 heterocycles. The van der Waals surface area contributed by atoms with Crippen LogP contribution >= 0.6 is 0 Å². The van der Waals surface area contributed by atoms with Gasteiger partial charge in [0.25, 0.3) is 0 Å². The molecule has 70 valence electrons.